The lowest BCUT2D eigenvalue weighted by molar-refractivity contribution is -0.146. The van der Waals surface area contributed by atoms with Crippen molar-refractivity contribution in [3.63, 3.8) is 0 Å². The second kappa shape index (κ2) is 7.30. The molecule has 0 aliphatic rings. The quantitative estimate of drug-likeness (QED) is 0.689. The van der Waals surface area contributed by atoms with Crippen molar-refractivity contribution in [2.24, 2.45) is 0 Å². The zero-order valence-corrected chi connectivity index (χ0v) is 11.0. The van der Waals surface area contributed by atoms with Crippen LogP contribution < -0.4 is 5.32 Å². The zero-order valence-electron chi connectivity index (χ0n) is 10.2. The van der Waals surface area contributed by atoms with Crippen LogP contribution in [0.15, 0.2) is 30.3 Å². The Kier molecular flexibility index (Phi) is 5.74. The van der Waals surface area contributed by atoms with E-state index in [1.165, 1.54) is 6.08 Å². The van der Waals surface area contributed by atoms with Gasteiger partial charge in [0, 0.05) is 11.1 Å². The fraction of sp³-hybridized carbons (Fsp3) is 0.154. The number of halogens is 1. The Balaban J connectivity index is 2.63. The lowest BCUT2D eigenvalue weighted by Gasteiger charge is -2.10. The smallest absolute Gasteiger partial charge is 0.326 e. The van der Waals surface area contributed by atoms with Gasteiger partial charge in [0.05, 0.1) is 6.42 Å². The van der Waals surface area contributed by atoms with Gasteiger partial charge in [-0.3, -0.25) is 9.59 Å². The maximum absolute atomic E-state index is 11.5. The molecule has 0 saturated carbocycles. The van der Waals surface area contributed by atoms with Gasteiger partial charge in [0.25, 0.3) is 0 Å². The number of carboxylic acid groups (broad SMARTS) is 2. The summed E-state index contributed by atoms with van der Waals surface area (Å²) in [5.74, 6) is -3.39. The molecule has 0 radical (unpaired) electrons. The summed E-state index contributed by atoms with van der Waals surface area (Å²) in [5.41, 5.74) is 0.703. The molecule has 0 bridgehead atoms. The predicted octanol–water partition coefficient (Wildman–Crippen LogP) is 1.40. The standard InChI is InChI=1S/C13H12ClNO5/c14-9-4-1-8(2-5-9)3-6-11(16)15-10(13(19)20)7-12(17)18/h1-6,10H,7H2,(H,15,16)(H,17,18)(H,19,20)/b6-3+/t10-/m1/s1. The second-order valence-electron chi connectivity index (χ2n) is 3.88. The number of carboxylic acids is 2. The molecule has 0 heterocycles. The number of hydrogen-bond acceptors (Lipinski definition) is 3. The first-order valence-electron chi connectivity index (χ1n) is 5.57. The molecule has 6 nitrogen and oxygen atoms in total. The Morgan fingerprint density at radius 3 is 2.30 bits per heavy atom. The lowest BCUT2D eigenvalue weighted by atomic mass is 10.2. The third-order valence-electron chi connectivity index (χ3n) is 2.29. The van der Waals surface area contributed by atoms with Gasteiger partial charge in [-0.05, 0) is 23.8 Å². The Morgan fingerprint density at radius 2 is 1.80 bits per heavy atom. The van der Waals surface area contributed by atoms with Gasteiger partial charge in [-0.1, -0.05) is 23.7 Å². The molecule has 0 saturated heterocycles. The Labute approximate surface area is 119 Å². The number of carbonyl (C=O) groups is 3. The van der Waals surface area contributed by atoms with Crippen LogP contribution in [0, 0.1) is 0 Å². The van der Waals surface area contributed by atoms with Crippen LogP contribution in [-0.4, -0.2) is 34.1 Å². The van der Waals surface area contributed by atoms with Gasteiger partial charge in [-0.15, -0.1) is 0 Å². The third kappa shape index (κ3) is 5.53. The van der Waals surface area contributed by atoms with E-state index < -0.39 is 30.3 Å². The monoisotopic (exact) mass is 297 g/mol. The molecule has 3 N–H and O–H groups in total. The van der Waals surface area contributed by atoms with Crippen LogP contribution in [0.1, 0.15) is 12.0 Å². The van der Waals surface area contributed by atoms with E-state index in [1.54, 1.807) is 24.3 Å². The van der Waals surface area contributed by atoms with E-state index in [9.17, 15) is 14.4 Å². The number of nitrogens with one attached hydrogen (secondary N) is 1. The number of carbonyl (C=O) groups excluding carboxylic acids is 1. The second-order valence-corrected chi connectivity index (χ2v) is 4.32. The summed E-state index contributed by atoms with van der Waals surface area (Å²) in [6.07, 6.45) is 1.90. The van der Waals surface area contributed by atoms with E-state index in [4.69, 9.17) is 21.8 Å². The van der Waals surface area contributed by atoms with Gasteiger partial charge in [0.1, 0.15) is 6.04 Å². The van der Waals surface area contributed by atoms with Gasteiger partial charge in [0.15, 0.2) is 0 Å². The SMILES string of the molecule is O=C(O)C[C@@H](NC(=O)/C=C/c1ccc(Cl)cc1)C(=O)O. The van der Waals surface area contributed by atoms with E-state index in [0.717, 1.165) is 6.08 Å². The number of rotatable bonds is 6. The fourth-order valence-electron chi connectivity index (χ4n) is 1.34. The summed E-state index contributed by atoms with van der Waals surface area (Å²) in [5, 5.41) is 20.0. The van der Waals surface area contributed by atoms with Crippen LogP contribution in [0.3, 0.4) is 0 Å². The number of aliphatic carboxylic acids is 2. The molecule has 1 amide bonds. The topological polar surface area (TPSA) is 104 Å². The average Bonchev–Trinajstić information content (AvgIpc) is 2.36. The van der Waals surface area contributed by atoms with E-state index in [-0.39, 0.29) is 0 Å². The van der Waals surface area contributed by atoms with Crippen LogP contribution in [-0.2, 0) is 14.4 Å². The minimum atomic E-state index is -1.46. The van der Waals surface area contributed by atoms with E-state index in [2.05, 4.69) is 5.32 Å². The minimum absolute atomic E-state index is 0.555. The molecule has 1 rings (SSSR count). The molecule has 0 fully saturated rings. The Morgan fingerprint density at radius 1 is 1.20 bits per heavy atom. The van der Waals surface area contributed by atoms with Crippen LogP contribution in [0.4, 0.5) is 0 Å². The summed E-state index contributed by atoms with van der Waals surface area (Å²) >= 11 is 5.70. The van der Waals surface area contributed by atoms with Crippen molar-refractivity contribution in [1.29, 1.82) is 0 Å². The minimum Gasteiger partial charge on any atom is -0.481 e. The maximum atomic E-state index is 11.5. The molecule has 0 spiro atoms. The number of amides is 1. The molecule has 1 aromatic carbocycles. The molecular formula is C13H12ClNO5. The first-order chi connectivity index (χ1) is 9.38. The fourth-order valence-corrected chi connectivity index (χ4v) is 1.47. The molecule has 7 heteroatoms. The van der Waals surface area contributed by atoms with E-state index in [0.29, 0.717) is 10.6 Å². The highest BCUT2D eigenvalue weighted by molar-refractivity contribution is 6.30. The largest absolute Gasteiger partial charge is 0.481 e. The number of benzene rings is 1. The first-order valence-corrected chi connectivity index (χ1v) is 5.95. The van der Waals surface area contributed by atoms with Gasteiger partial charge >= 0.3 is 11.9 Å². The van der Waals surface area contributed by atoms with Crippen molar-refractivity contribution in [2.45, 2.75) is 12.5 Å². The van der Waals surface area contributed by atoms with Crippen molar-refractivity contribution in [3.05, 3.63) is 40.9 Å². The maximum Gasteiger partial charge on any atom is 0.326 e. The molecule has 0 unspecified atom stereocenters. The van der Waals surface area contributed by atoms with E-state index in [1.807, 2.05) is 0 Å². The molecule has 0 aliphatic heterocycles. The molecule has 1 aromatic rings. The van der Waals surface area contributed by atoms with Crippen molar-refractivity contribution >= 4 is 35.5 Å². The van der Waals surface area contributed by atoms with Crippen molar-refractivity contribution in [2.75, 3.05) is 0 Å². The average molecular weight is 298 g/mol. The summed E-state index contributed by atoms with van der Waals surface area (Å²) in [7, 11) is 0. The van der Waals surface area contributed by atoms with Gasteiger partial charge in [-0.2, -0.15) is 0 Å². The first kappa shape index (κ1) is 15.7. The van der Waals surface area contributed by atoms with E-state index >= 15 is 0 Å². The van der Waals surface area contributed by atoms with Gasteiger partial charge in [0.2, 0.25) is 5.91 Å². The van der Waals surface area contributed by atoms with Crippen molar-refractivity contribution in [3.8, 4) is 0 Å². The van der Waals surface area contributed by atoms with Gasteiger partial charge < -0.3 is 15.5 Å². The third-order valence-corrected chi connectivity index (χ3v) is 2.54. The lowest BCUT2D eigenvalue weighted by Crippen LogP contribution is -2.41. The van der Waals surface area contributed by atoms with Crippen molar-refractivity contribution < 1.29 is 24.6 Å². The Hall–Kier alpha value is -2.34. The number of hydrogen-bond donors (Lipinski definition) is 3. The van der Waals surface area contributed by atoms with Crippen LogP contribution in [0.2, 0.25) is 5.02 Å². The summed E-state index contributed by atoms with van der Waals surface area (Å²) in [6.45, 7) is 0. The highest BCUT2D eigenvalue weighted by Crippen LogP contribution is 2.10. The van der Waals surface area contributed by atoms with Crippen LogP contribution >= 0.6 is 11.6 Å². The molecule has 1 atom stereocenters. The highest BCUT2D eigenvalue weighted by Gasteiger charge is 2.21. The summed E-state index contributed by atoms with van der Waals surface area (Å²) in [4.78, 5) is 32.7. The molecule has 0 aromatic heterocycles. The van der Waals surface area contributed by atoms with Crippen LogP contribution in [0.5, 0.6) is 0 Å². The summed E-state index contributed by atoms with van der Waals surface area (Å²) in [6, 6.07) is 5.18. The normalized spacial score (nSPS) is 12.1. The molecule has 106 valence electrons. The Bertz CT molecular complexity index is 538. The van der Waals surface area contributed by atoms with Crippen molar-refractivity contribution in [1.82, 2.24) is 5.32 Å². The molecule has 20 heavy (non-hydrogen) atoms. The van der Waals surface area contributed by atoms with Gasteiger partial charge in [-0.25, -0.2) is 4.79 Å². The molecule has 0 aliphatic carbocycles. The zero-order chi connectivity index (χ0) is 15.1. The molecular weight excluding hydrogens is 286 g/mol. The van der Waals surface area contributed by atoms with Crippen LogP contribution in [0.25, 0.3) is 6.08 Å². The predicted molar refractivity (Wildman–Crippen MR) is 72.3 cm³/mol. The summed E-state index contributed by atoms with van der Waals surface area (Å²) < 4.78 is 0. The highest BCUT2D eigenvalue weighted by atomic mass is 35.5.